The van der Waals surface area contributed by atoms with E-state index in [1.54, 1.807) is 0 Å². The van der Waals surface area contributed by atoms with Gasteiger partial charge < -0.3 is 9.13 Å². The largest absolute Gasteiger partial charge is 0.338 e. The van der Waals surface area contributed by atoms with Crippen molar-refractivity contribution in [2.75, 3.05) is 0 Å². The summed E-state index contributed by atoms with van der Waals surface area (Å²) in [5.41, 5.74) is 7.65. The van der Waals surface area contributed by atoms with Gasteiger partial charge in [-0.3, -0.25) is 4.98 Å². The van der Waals surface area contributed by atoms with E-state index in [-0.39, 0.29) is 20.1 Å². The molecule has 2 aromatic heterocycles. The molecule has 0 aliphatic carbocycles. The number of imidazole rings is 1. The number of hydrogen-bond acceptors (Lipinski definition) is 3. The Morgan fingerprint density at radius 2 is 1.56 bits per heavy atom. The summed E-state index contributed by atoms with van der Waals surface area (Å²) < 4.78 is 4.27. The Morgan fingerprint density at radius 1 is 0.882 bits per heavy atom. The molecule has 0 aliphatic heterocycles. The molecule has 0 aliphatic rings. The molecule has 0 atom stereocenters. The van der Waals surface area contributed by atoms with Gasteiger partial charge in [-0.15, -0.1) is 28.9 Å². The van der Waals surface area contributed by atoms with E-state index in [1.807, 2.05) is 37.5 Å². The van der Waals surface area contributed by atoms with E-state index in [9.17, 15) is 0 Å². The molecule has 34 heavy (non-hydrogen) atoms. The topological polar surface area (TPSA) is 48.5 Å². The number of rotatable bonds is 5. The van der Waals surface area contributed by atoms with Crippen molar-refractivity contribution < 1.29 is 20.1 Å². The van der Waals surface area contributed by atoms with Crippen molar-refractivity contribution in [1.82, 2.24) is 24.3 Å². The van der Waals surface area contributed by atoms with Crippen LogP contribution in [0.2, 0.25) is 0 Å². The Labute approximate surface area is 214 Å². The van der Waals surface area contributed by atoms with Crippen molar-refractivity contribution in [3.63, 3.8) is 0 Å². The molecular formula is C28H28IrN5-. The minimum absolute atomic E-state index is 0. The second-order valence-corrected chi connectivity index (χ2v) is 9.07. The first-order valence-corrected chi connectivity index (χ1v) is 11.5. The SMILES string of the molecule is Cc1nc2cc(-c3nncn3-c3c(C(C)C)cccc3C(C)C)[c-]cc2n1-c1ccccc1.[Ir]. The van der Waals surface area contributed by atoms with E-state index in [4.69, 9.17) is 4.98 Å². The van der Waals surface area contributed by atoms with E-state index in [2.05, 4.69) is 89.5 Å². The third-order valence-electron chi connectivity index (χ3n) is 6.14. The molecule has 3 aromatic carbocycles. The standard InChI is InChI=1S/C28H28N5.Ir/c1-18(2)23-12-9-13-24(19(3)4)27(23)32-17-29-31-28(32)21-14-15-26-25(16-21)30-20(5)33(26)22-10-7-6-8-11-22;/h6-13,15-19H,1-5H3;/q-1;. The van der Waals surface area contributed by atoms with E-state index in [1.165, 1.54) is 16.8 Å². The molecule has 5 aromatic rings. The summed E-state index contributed by atoms with van der Waals surface area (Å²) in [5, 5.41) is 8.80. The van der Waals surface area contributed by atoms with Crippen LogP contribution in [0, 0.1) is 13.0 Å². The Kier molecular flexibility index (Phi) is 6.83. The van der Waals surface area contributed by atoms with Gasteiger partial charge in [0.15, 0.2) is 0 Å². The minimum Gasteiger partial charge on any atom is -0.338 e. The molecule has 1 radical (unpaired) electrons. The van der Waals surface area contributed by atoms with Crippen molar-refractivity contribution in [2.45, 2.75) is 46.5 Å². The van der Waals surface area contributed by atoms with Gasteiger partial charge in [0.05, 0.1) is 5.82 Å². The monoisotopic (exact) mass is 627 g/mol. The minimum atomic E-state index is 0. The number of benzene rings is 3. The predicted molar refractivity (Wildman–Crippen MR) is 133 cm³/mol. The Hall–Kier alpha value is -3.08. The molecule has 0 spiro atoms. The molecule has 0 bridgehead atoms. The molecule has 0 saturated carbocycles. The molecule has 6 heteroatoms. The molecule has 0 N–H and O–H groups in total. The van der Waals surface area contributed by atoms with Crippen molar-refractivity contribution in [3.8, 4) is 22.8 Å². The average molecular weight is 627 g/mol. The van der Waals surface area contributed by atoms with Gasteiger partial charge >= 0.3 is 0 Å². The molecule has 2 heterocycles. The molecule has 0 unspecified atom stereocenters. The van der Waals surface area contributed by atoms with Gasteiger partial charge in [0.2, 0.25) is 0 Å². The van der Waals surface area contributed by atoms with Crippen LogP contribution >= 0.6 is 0 Å². The van der Waals surface area contributed by atoms with E-state index >= 15 is 0 Å². The van der Waals surface area contributed by atoms with Gasteiger partial charge in [0, 0.05) is 37.0 Å². The predicted octanol–water partition coefficient (Wildman–Crippen LogP) is 6.63. The van der Waals surface area contributed by atoms with Gasteiger partial charge in [-0.25, -0.2) is 0 Å². The number of nitrogens with zero attached hydrogens (tertiary/aromatic N) is 5. The van der Waals surface area contributed by atoms with Crippen LogP contribution in [0.3, 0.4) is 0 Å². The number of aromatic nitrogens is 5. The Balaban J connectivity index is 0.00000274. The average Bonchev–Trinajstić information content (AvgIpc) is 3.42. The van der Waals surface area contributed by atoms with Crippen LogP contribution in [0.5, 0.6) is 0 Å². The molecular weight excluding hydrogens is 599 g/mol. The zero-order chi connectivity index (χ0) is 23.1. The maximum absolute atomic E-state index is 4.84. The van der Waals surface area contributed by atoms with Gasteiger partial charge in [0.1, 0.15) is 12.2 Å². The third-order valence-corrected chi connectivity index (χ3v) is 6.14. The molecule has 5 nitrogen and oxygen atoms in total. The van der Waals surface area contributed by atoms with Gasteiger partial charge in [-0.2, -0.15) is 5.10 Å². The first-order valence-electron chi connectivity index (χ1n) is 11.5. The van der Waals surface area contributed by atoms with Crippen LogP contribution in [0.25, 0.3) is 33.8 Å². The van der Waals surface area contributed by atoms with Crippen molar-refractivity contribution in [3.05, 3.63) is 90.0 Å². The van der Waals surface area contributed by atoms with Crippen LogP contribution in [0.4, 0.5) is 0 Å². The summed E-state index contributed by atoms with van der Waals surface area (Å²) in [7, 11) is 0. The maximum atomic E-state index is 4.84. The van der Waals surface area contributed by atoms with Crippen LogP contribution in [-0.2, 0) is 20.1 Å². The molecule has 175 valence electrons. The quantitative estimate of drug-likeness (QED) is 0.206. The molecule has 5 rings (SSSR count). The summed E-state index contributed by atoms with van der Waals surface area (Å²) in [4.78, 5) is 4.84. The summed E-state index contributed by atoms with van der Waals surface area (Å²) in [6.45, 7) is 10.9. The van der Waals surface area contributed by atoms with Crippen LogP contribution in [0.1, 0.15) is 56.5 Å². The number of hydrogen-bond donors (Lipinski definition) is 0. The summed E-state index contributed by atoms with van der Waals surface area (Å²) in [5.74, 6) is 2.48. The van der Waals surface area contributed by atoms with Gasteiger partial charge in [-0.05, 0) is 47.5 Å². The number of aryl methyl sites for hydroxylation is 1. The summed E-state index contributed by atoms with van der Waals surface area (Å²) >= 11 is 0. The second-order valence-electron chi connectivity index (χ2n) is 9.07. The summed E-state index contributed by atoms with van der Waals surface area (Å²) in [6, 6.07) is 24.4. The van der Waals surface area contributed by atoms with Crippen molar-refractivity contribution in [2.24, 2.45) is 0 Å². The first kappa shape index (κ1) is 24.1. The van der Waals surface area contributed by atoms with Crippen LogP contribution < -0.4 is 0 Å². The molecule has 0 amide bonds. The van der Waals surface area contributed by atoms with Crippen molar-refractivity contribution in [1.29, 1.82) is 0 Å². The number of fused-ring (bicyclic) bond motifs is 1. The zero-order valence-corrected chi connectivity index (χ0v) is 22.5. The third kappa shape index (κ3) is 4.13. The van der Waals surface area contributed by atoms with E-state index < -0.39 is 0 Å². The Bertz CT molecular complexity index is 1400. The first-order chi connectivity index (χ1) is 16.0. The smallest absolute Gasteiger partial charge is 0.114 e. The maximum Gasteiger partial charge on any atom is 0.114 e. The van der Waals surface area contributed by atoms with E-state index in [0.29, 0.717) is 11.8 Å². The summed E-state index contributed by atoms with van der Waals surface area (Å²) in [6.07, 6.45) is 1.81. The molecule has 0 fully saturated rings. The van der Waals surface area contributed by atoms with Crippen molar-refractivity contribution >= 4 is 11.0 Å². The Morgan fingerprint density at radius 3 is 2.21 bits per heavy atom. The zero-order valence-electron chi connectivity index (χ0n) is 20.1. The fourth-order valence-electron chi connectivity index (χ4n) is 4.54. The fourth-order valence-corrected chi connectivity index (χ4v) is 4.54. The normalized spacial score (nSPS) is 11.4. The fraction of sp³-hybridized carbons (Fsp3) is 0.250. The van der Waals surface area contributed by atoms with Gasteiger partial charge in [0.25, 0.3) is 0 Å². The van der Waals surface area contributed by atoms with Gasteiger partial charge in [-0.1, -0.05) is 64.1 Å². The van der Waals surface area contributed by atoms with Crippen LogP contribution in [0.15, 0.2) is 67.0 Å². The second kappa shape index (κ2) is 9.65. The van der Waals surface area contributed by atoms with Crippen LogP contribution in [-0.4, -0.2) is 24.3 Å². The molecule has 0 saturated heterocycles. The van der Waals surface area contributed by atoms with E-state index in [0.717, 1.165) is 33.9 Å². The number of para-hydroxylation sites is 2.